The van der Waals surface area contributed by atoms with Gasteiger partial charge in [0.2, 0.25) is 5.78 Å². The van der Waals surface area contributed by atoms with E-state index in [1.165, 1.54) is 31.4 Å². The summed E-state index contributed by atoms with van der Waals surface area (Å²) in [5.41, 5.74) is 2.37. The highest BCUT2D eigenvalue weighted by Gasteiger charge is 2.45. The van der Waals surface area contributed by atoms with Gasteiger partial charge in [0.15, 0.2) is 11.5 Å². The van der Waals surface area contributed by atoms with Crippen LogP contribution in [0.25, 0.3) is 10.9 Å². The first-order valence-corrected chi connectivity index (χ1v) is 11.6. The lowest BCUT2D eigenvalue weighted by Crippen LogP contribution is -2.33. The van der Waals surface area contributed by atoms with Crippen molar-refractivity contribution in [3.05, 3.63) is 89.2 Å². The number of aliphatic hydroxyl groups excluding tert-OH is 1. The van der Waals surface area contributed by atoms with Crippen LogP contribution in [0, 0.1) is 0 Å². The van der Waals surface area contributed by atoms with Gasteiger partial charge >= 0.3 is 0 Å². The van der Waals surface area contributed by atoms with Gasteiger partial charge in [0, 0.05) is 35.3 Å². The number of benzene rings is 2. The molecule has 2 aromatic heterocycles. The molecule has 1 aliphatic heterocycles. The van der Waals surface area contributed by atoms with Crippen LogP contribution in [-0.2, 0) is 11.2 Å². The lowest BCUT2D eigenvalue weighted by molar-refractivity contribution is -0.129. The number of methoxy groups -OCH3 is 3. The Balaban J connectivity index is 1.55. The third-order valence-electron chi connectivity index (χ3n) is 6.63. The second kappa shape index (κ2) is 9.77. The molecule has 0 radical (unpaired) electrons. The molecule has 9 heteroatoms. The van der Waals surface area contributed by atoms with E-state index in [2.05, 4.69) is 4.98 Å². The minimum atomic E-state index is -0.898. The molecule has 4 aromatic rings. The van der Waals surface area contributed by atoms with Crippen LogP contribution in [0.5, 0.6) is 17.2 Å². The number of carbonyl (C=O) groups excluding carboxylic acids is 2. The summed E-state index contributed by atoms with van der Waals surface area (Å²) in [6.45, 7) is 0.224. The first-order valence-electron chi connectivity index (χ1n) is 11.6. The van der Waals surface area contributed by atoms with Gasteiger partial charge in [0.25, 0.3) is 5.91 Å². The molecule has 2 N–H and O–H groups in total. The summed E-state index contributed by atoms with van der Waals surface area (Å²) >= 11 is 0. The van der Waals surface area contributed by atoms with E-state index < -0.39 is 23.5 Å². The van der Waals surface area contributed by atoms with Gasteiger partial charge in [-0.25, -0.2) is 0 Å². The van der Waals surface area contributed by atoms with Gasteiger partial charge in [-0.1, -0.05) is 0 Å². The zero-order valence-corrected chi connectivity index (χ0v) is 20.6. The fourth-order valence-electron chi connectivity index (χ4n) is 4.76. The highest BCUT2D eigenvalue weighted by molar-refractivity contribution is 6.15. The Bertz CT molecular complexity index is 1500. The standard InChI is InChI=1S/C28H26N2O7/c1-34-17-7-9-21-20(13-17)16(15-29-21)10-11-30-25(19-8-6-18(35-2)14-23(19)36-3)24(27(32)28(30)33)26(31)22-5-4-12-37-22/h4-9,12-15,25,29,32H,10-11H2,1-3H3. The van der Waals surface area contributed by atoms with E-state index in [-0.39, 0.29) is 17.9 Å². The summed E-state index contributed by atoms with van der Waals surface area (Å²) in [6.07, 6.45) is 3.72. The molecule has 1 atom stereocenters. The maximum absolute atomic E-state index is 13.4. The van der Waals surface area contributed by atoms with E-state index in [9.17, 15) is 14.7 Å². The Morgan fingerprint density at radius 1 is 1.05 bits per heavy atom. The molecule has 0 bridgehead atoms. The molecule has 1 aliphatic rings. The number of ketones is 1. The van der Waals surface area contributed by atoms with Crippen molar-refractivity contribution in [1.82, 2.24) is 9.88 Å². The molecule has 9 nitrogen and oxygen atoms in total. The summed E-state index contributed by atoms with van der Waals surface area (Å²) in [5, 5.41) is 11.9. The fourth-order valence-corrected chi connectivity index (χ4v) is 4.76. The molecule has 190 valence electrons. The van der Waals surface area contributed by atoms with Gasteiger partial charge in [0.05, 0.1) is 39.2 Å². The number of hydrogen-bond acceptors (Lipinski definition) is 7. The molecule has 37 heavy (non-hydrogen) atoms. The second-order valence-corrected chi connectivity index (χ2v) is 8.55. The van der Waals surface area contributed by atoms with E-state index >= 15 is 0 Å². The van der Waals surface area contributed by atoms with Crippen molar-refractivity contribution in [3.8, 4) is 17.2 Å². The molecule has 0 saturated heterocycles. The molecule has 0 spiro atoms. The Hall–Kier alpha value is -4.66. The molecule has 2 aromatic carbocycles. The largest absolute Gasteiger partial charge is 0.503 e. The number of Topliss-reactive ketones (excluding diaryl/α,β-unsaturated/α-hetero) is 1. The topological polar surface area (TPSA) is 114 Å². The summed E-state index contributed by atoms with van der Waals surface area (Å²) in [7, 11) is 4.64. The predicted octanol–water partition coefficient (Wildman–Crippen LogP) is 4.61. The number of amides is 1. The molecule has 1 unspecified atom stereocenters. The van der Waals surface area contributed by atoms with Crippen molar-refractivity contribution in [3.63, 3.8) is 0 Å². The molecule has 0 aliphatic carbocycles. The van der Waals surface area contributed by atoms with Crippen LogP contribution in [0.1, 0.15) is 27.7 Å². The van der Waals surface area contributed by atoms with E-state index in [4.69, 9.17) is 18.6 Å². The summed E-state index contributed by atoms with van der Waals surface area (Å²) in [4.78, 5) is 31.5. The molecule has 0 saturated carbocycles. The maximum Gasteiger partial charge on any atom is 0.290 e. The third-order valence-corrected chi connectivity index (χ3v) is 6.63. The first-order chi connectivity index (χ1) is 18.0. The lowest BCUT2D eigenvalue weighted by atomic mass is 9.94. The van der Waals surface area contributed by atoms with Crippen LogP contribution < -0.4 is 14.2 Å². The quantitative estimate of drug-likeness (QED) is 0.321. The van der Waals surface area contributed by atoms with Gasteiger partial charge in [-0.15, -0.1) is 0 Å². The normalized spacial score (nSPS) is 15.5. The molecular weight excluding hydrogens is 476 g/mol. The molecule has 0 fully saturated rings. The number of aromatic nitrogens is 1. The molecule has 5 rings (SSSR count). The highest BCUT2D eigenvalue weighted by atomic mass is 16.5. The van der Waals surface area contributed by atoms with Crippen LogP contribution in [0.4, 0.5) is 0 Å². The van der Waals surface area contributed by atoms with Crippen LogP contribution in [0.2, 0.25) is 0 Å². The van der Waals surface area contributed by atoms with E-state index in [0.717, 1.165) is 22.2 Å². The Morgan fingerprint density at radius 2 is 1.81 bits per heavy atom. The van der Waals surface area contributed by atoms with Crippen molar-refractivity contribution < 1.29 is 33.3 Å². The smallest absolute Gasteiger partial charge is 0.290 e. The third kappa shape index (κ3) is 4.18. The average Bonchev–Trinajstić information content (AvgIpc) is 3.66. The first kappa shape index (κ1) is 24.1. The van der Waals surface area contributed by atoms with Crippen LogP contribution in [-0.4, -0.2) is 54.6 Å². The monoisotopic (exact) mass is 502 g/mol. The van der Waals surface area contributed by atoms with Crippen molar-refractivity contribution in [1.29, 1.82) is 0 Å². The van der Waals surface area contributed by atoms with E-state index in [1.807, 2.05) is 24.4 Å². The van der Waals surface area contributed by atoms with Gasteiger partial charge < -0.3 is 33.6 Å². The number of ether oxygens (including phenoxy) is 3. The molecule has 3 heterocycles. The number of nitrogens with one attached hydrogen (secondary N) is 1. The summed E-state index contributed by atoms with van der Waals surface area (Å²) < 4.78 is 21.6. The lowest BCUT2D eigenvalue weighted by Gasteiger charge is -2.28. The zero-order chi connectivity index (χ0) is 26.1. The minimum absolute atomic E-state index is 0.0254. The SMILES string of the molecule is COc1ccc(C2C(C(=O)c3ccco3)=C(O)C(=O)N2CCc2c[nH]c3ccc(OC)cc23)c(OC)c1. The Labute approximate surface area is 212 Å². The van der Waals surface area contributed by atoms with Gasteiger partial charge in [-0.3, -0.25) is 9.59 Å². The number of nitrogens with zero attached hydrogens (tertiary/aromatic N) is 1. The number of H-pyrrole nitrogens is 1. The van der Waals surface area contributed by atoms with E-state index in [0.29, 0.717) is 23.5 Å². The molecular formula is C28H26N2O7. The average molecular weight is 503 g/mol. The Kier molecular flexibility index (Phi) is 6.35. The van der Waals surface area contributed by atoms with Gasteiger partial charge in [-0.05, 0) is 54.4 Å². The molecule has 1 amide bonds. The number of carbonyl (C=O) groups is 2. The Morgan fingerprint density at radius 3 is 2.51 bits per heavy atom. The predicted molar refractivity (Wildman–Crippen MR) is 135 cm³/mol. The number of hydrogen-bond donors (Lipinski definition) is 2. The van der Waals surface area contributed by atoms with Crippen LogP contribution >= 0.6 is 0 Å². The number of rotatable bonds is 9. The second-order valence-electron chi connectivity index (χ2n) is 8.55. The fraction of sp³-hybridized carbons (Fsp3) is 0.214. The number of aliphatic hydroxyl groups is 1. The summed E-state index contributed by atoms with van der Waals surface area (Å²) in [5.74, 6) is -0.109. The number of furan rings is 1. The van der Waals surface area contributed by atoms with Crippen molar-refractivity contribution in [2.45, 2.75) is 12.5 Å². The van der Waals surface area contributed by atoms with Gasteiger partial charge in [-0.2, -0.15) is 0 Å². The van der Waals surface area contributed by atoms with E-state index in [1.54, 1.807) is 31.4 Å². The van der Waals surface area contributed by atoms with Crippen molar-refractivity contribution in [2.75, 3.05) is 27.9 Å². The van der Waals surface area contributed by atoms with Crippen molar-refractivity contribution >= 4 is 22.6 Å². The van der Waals surface area contributed by atoms with Gasteiger partial charge in [0.1, 0.15) is 17.2 Å². The van der Waals surface area contributed by atoms with Crippen LogP contribution in [0.15, 0.2) is 76.7 Å². The number of fused-ring (bicyclic) bond motifs is 1. The minimum Gasteiger partial charge on any atom is -0.503 e. The van der Waals surface area contributed by atoms with Crippen molar-refractivity contribution in [2.24, 2.45) is 0 Å². The maximum atomic E-state index is 13.4. The zero-order valence-electron chi connectivity index (χ0n) is 20.6. The summed E-state index contributed by atoms with van der Waals surface area (Å²) in [6, 6.07) is 13.0. The van der Waals surface area contributed by atoms with Crippen LogP contribution in [0.3, 0.4) is 0 Å². The highest BCUT2D eigenvalue weighted by Crippen LogP contribution is 2.43. The number of aromatic amines is 1.